The number of benzene rings is 1. The zero-order chi connectivity index (χ0) is 13.8. The summed E-state index contributed by atoms with van der Waals surface area (Å²) in [6.07, 6.45) is 8.83. The number of aromatic amines is 1. The number of fused-ring (bicyclic) bond motifs is 3. The van der Waals surface area contributed by atoms with Crippen molar-refractivity contribution >= 4 is 11.0 Å². The molecule has 2 heterocycles. The van der Waals surface area contributed by atoms with Gasteiger partial charge in [0.1, 0.15) is 12.2 Å². The van der Waals surface area contributed by atoms with E-state index in [0.717, 1.165) is 28.5 Å². The summed E-state index contributed by atoms with van der Waals surface area (Å²) in [5.74, 6) is 3.08. The summed E-state index contributed by atoms with van der Waals surface area (Å²) < 4.78 is 1.65. The molecular weight excluding hydrogens is 264 g/mol. The molecule has 1 saturated carbocycles. The maximum Gasteiger partial charge on any atom is 0.143 e. The van der Waals surface area contributed by atoms with Crippen LogP contribution in [0.15, 0.2) is 36.7 Å². The number of nitrogens with one attached hydrogen (secondary N) is 1. The first-order valence-corrected chi connectivity index (χ1v) is 7.28. The number of hydrogen-bond acceptors (Lipinski definition) is 4. The molecule has 6 heteroatoms. The number of H-pyrrole nitrogens is 1. The van der Waals surface area contributed by atoms with E-state index in [2.05, 4.69) is 32.7 Å². The summed E-state index contributed by atoms with van der Waals surface area (Å²) in [5, 5.41) is 11.3. The SMILES string of the molecule is C1=C[C@@H]2C[C@H]1C[C@@H]2c1nc2ccc(-n3cnnn3)cc2[nH]1. The van der Waals surface area contributed by atoms with Crippen molar-refractivity contribution in [1.82, 2.24) is 30.2 Å². The fourth-order valence-corrected chi connectivity index (χ4v) is 3.71. The van der Waals surface area contributed by atoms with Gasteiger partial charge < -0.3 is 4.98 Å². The van der Waals surface area contributed by atoms with E-state index < -0.39 is 0 Å². The van der Waals surface area contributed by atoms with E-state index in [9.17, 15) is 0 Å². The number of nitrogens with zero attached hydrogens (tertiary/aromatic N) is 5. The van der Waals surface area contributed by atoms with Gasteiger partial charge in [0, 0.05) is 5.92 Å². The summed E-state index contributed by atoms with van der Waals surface area (Å²) in [6, 6.07) is 6.06. The van der Waals surface area contributed by atoms with Gasteiger partial charge in [-0.2, -0.15) is 0 Å². The van der Waals surface area contributed by atoms with Crippen molar-refractivity contribution in [1.29, 1.82) is 0 Å². The number of tetrazole rings is 1. The minimum absolute atomic E-state index is 0.545. The van der Waals surface area contributed by atoms with E-state index in [1.807, 2.05) is 18.2 Å². The molecule has 0 spiro atoms. The van der Waals surface area contributed by atoms with Crippen LogP contribution in [0.2, 0.25) is 0 Å². The lowest BCUT2D eigenvalue weighted by Crippen LogP contribution is -2.06. The summed E-state index contributed by atoms with van der Waals surface area (Å²) in [5.41, 5.74) is 2.99. The molecule has 0 saturated heterocycles. The number of hydrogen-bond donors (Lipinski definition) is 1. The van der Waals surface area contributed by atoms with Crippen molar-refractivity contribution in [3.05, 3.63) is 42.5 Å². The molecule has 2 aliphatic rings. The minimum atomic E-state index is 0.545. The van der Waals surface area contributed by atoms with Gasteiger partial charge in [-0.15, -0.1) is 5.10 Å². The van der Waals surface area contributed by atoms with Crippen LogP contribution in [0, 0.1) is 11.8 Å². The molecule has 5 rings (SSSR count). The van der Waals surface area contributed by atoms with Crippen LogP contribution in [-0.2, 0) is 0 Å². The Kier molecular flexibility index (Phi) is 2.13. The smallest absolute Gasteiger partial charge is 0.143 e. The van der Waals surface area contributed by atoms with Gasteiger partial charge in [0.25, 0.3) is 0 Å². The van der Waals surface area contributed by atoms with Gasteiger partial charge in [0.05, 0.1) is 16.7 Å². The van der Waals surface area contributed by atoms with Gasteiger partial charge in [-0.25, -0.2) is 9.67 Å². The Bertz CT molecular complexity index is 831. The first-order valence-electron chi connectivity index (χ1n) is 7.28. The van der Waals surface area contributed by atoms with Gasteiger partial charge in [-0.1, -0.05) is 12.2 Å². The van der Waals surface area contributed by atoms with E-state index in [0.29, 0.717) is 11.8 Å². The van der Waals surface area contributed by atoms with Gasteiger partial charge in [-0.05, 0) is 53.3 Å². The van der Waals surface area contributed by atoms with Crippen molar-refractivity contribution in [2.45, 2.75) is 18.8 Å². The van der Waals surface area contributed by atoms with E-state index in [1.54, 1.807) is 11.0 Å². The molecule has 3 aromatic rings. The first-order chi connectivity index (χ1) is 10.4. The number of aromatic nitrogens is 6. The molecule has 104 valence electrons. The Morgan fingerprint density at radius 1 is 1.19 bits per heavy atom. The Labute approximate surface area is 120 Å². The predicted molar refractivity (Wildman–Crippen MR) is 76.9 cm³/mol. The Morgan fingerprint density at radius 3 is 2.95 bits per heavy atom. The third-order valence-corrected chi connectivity index (χ3v) is 4.73. The normalized spacial score (nSPS) is 27.0. The summed E-state index contributed by atoms with van der Waals surface area (Å²) in [6.45, 7) is 0. The fourth-order valence-electron chi connectivity index (χ4n) is 3.71. The second-order valence-electron chi connectivity index (χ2n) is 5.96. The lowest BCUT2D eigenvalue weighted by molar-refractivity contribution is 0.559. The average Bonchev–Trinajstić information content (AvgIpc) is 3.26. The molecular formula is C15H14N6. The molecule has 1 N–H and O–H groups in total. The largest absolute Gasteiger partial charge is 0.342 e. The standard InChI is InChI=1S/C15H14N6/c1-2-10-5-9(1)6-12(10)15-17-13-4-3-11(7-14(13)18-15)21-8-16-19-20-21/h1-4,7-10,12H,5-6H2,(H,17,18)/t9-,10+,12-/m0/s1. The van der Waals surface area contributed by atoms with Crippen molar-refractivity contribution < 1.29 is 0 Å². The van der Waals surface area contributed by atoms with E-state index in [-0.39, 0.29) is 0 Å². The highest BCUT2D eigenvalue weighted by atomic mass is 15.5. The van der Waals surface area contributed by atoms with Crippen LogP contribution in [0.1, 0.15) is 24.6 Å². The summed E-state index contributed by atoms with van der Waals surface area (Å²) in [7, 11) is 0. The Hall–Kier alpha value is -2.50. The van der Waals surface area contributed by atoms with E-state index >= 15 is 0 Å². The Morgan fingerprint density at radius 2 is 2.19 bits per heavy atom. The highest BCUT2D eigenvalue weighted by Crippen LogP contribution is 2.48. The molecule has 21 heavy (non-hydrogen) atoms. The fraction of sp³-hybridized carbons (Fsp3) is 0.333. The quantitative estimate of drug-likeness (QED) is 0.729. The molecule has 2 bridgehead atoms. The lowest BCUT2D eigenvalue weighted by Gasteiger charge is -2.14. The second kappa shape index (κ2) is 4.00. The zero-order valence-corrected chi connectivity index (χ0v) is 11.3. The lowest BCUT2D eigenvalue weighted by atomic mass is 9.93. The summed E-state index contributed by atoms with van der Waals surface area (Å²) >= 11 is 0. The highest BCUT2D eigenvalue weighted by molar-refractivity contribution is 5.77. The third kappa shape index (κ3) is 1.65. The predicted octanol–water partition coefficient (Wildman–Crippen LogP) is 2.22. The van der Waals surface area contributed by atoms with Gasteiger partial charge >= 0.3 is 0 Å². The Balaban J connectivity index is 1.57. The molecule has 2 aliphatic carbocycles. The van der Waals surface area contributed by atoms with Gasteiger partial charge in [-0.3, -0.25) is 0 Å². The molecule has 0 aliphatic heterocycles. The summed E-state index contributed by atoms with van der Waals surface area (Å²) in [4.78, 5) is 8.28. The third-order valence-electron chi connectivity index (χ3n) is 4.73. The van der Waals surface area contributed by atoms with Crippen LogP contribution in [0.25, 0.3) is 16.7 Å². The molecule has 6 nitrogen and oxygen atoms in total. The zero-order valence-electron chi connectivity index (χ0n) is 11.3. The van der Waals surface area contributed by atoms with Crippen LogP contribution >= 0.6 is 0 Å². The maximum atomic E-state index is 4.79. The van der Waals surface area contributed by atoms with E-state index in [1.165, 1.54) is 12.8 Å². The molecule has 0 unspecified atom stereocenters. The van der Waals surface area contributed by atoms with Crippen molar-refractivity contribution in [3.63, 3.8) is 0 Å². The highest BCUT2D eigenvalue weighted by Gasteiger charge is 2.38. The minimum Gasteiger partial charge on any atom is -0.342 e. The van der Waals surface area contributed by atoms with Crippen molar-refractivity contribution in [2.24, 2.45) is 11.8 Å². The number of imidazole rings is 1. The molecule has 0 radical (unpaired) electrons. The maximum absolute atomic E-state index is 4.79. The van der Waals surface area contributed by atoms with Crippen LogP contribution in [0.5, 0.6) is 0 Å². The van der Waals surface area contributed by atoms with Gasteiger partial charge in [0.2, 0.25) is 0 Å². The topological polar surface area (TPSA) is 72.3 Å². The second-order valence-corrected chi connectivity index (χ2v) is 5.96. The molecule has 3 atom stereocenters. The number of allylic oxidation sites excluding steroid dienone is 2. The van der Waals surface area contributed by atoms with Crippen LogP contribution in [-0.4, -0.2) is 30.2 Å². The van der Waals surface area contributed by atoms with Crippen molar-refractivity contribution in [2.75, 3.05) is 0 Å². The number of rotatable bonds is 2. The molecule has 1 fully saturated rings. The van der Waals surface area contributed by atoms with Gasteiger partial charge in [0.15, 0.2) is 0 Å². The molecule has 1 aromatic carbocycles. The van der Waals surface area contributed by atoms with Crippen LogP contribution < -0.4 is 0 Å². The monoisotopic (exact) mass is 278 g/mol. The van der Waals surface area contributed by atoms with Crippen LogP contribution in [0.4, 0.5) is 0 Å². The average molecular weight is 278 g/mol. The van der Waals surface area contributed by atoms with Crippen molar-refractivity contribution in [3.8, 4) is 5.69 Å². The molecule has 2 aromatic heterocycles. The van der Waals surface area contributed by atoms with Crippen LogP contribution in [0.3, 0.4) is 0 Å². The molecule has 0 amide bonds. The van der Waals surface area contributed by atoms with E-state index in [4.69, 9.17) is 4.98 Å². The first kappa shape index (κ1) is 11.2.